The van der Waals surface area contributed by atoms with E-state index in [1.54, 1.807) is 0 Å². The van der Waals surface area contributed by atoms with Crippen LogP contribution in [0.2, 0.25) is 0 Å². The first-order valence-electron chi connectivity index (χ1n) is 28.9. The Morgan fingerprint density at radius 3 is 1.00 bits per heavy atom. The summed E-state index contributed by atoms with van der Waals surface area (Å²) in [6.07, 6.45) is 13.9. The number of hydrogen-bond acceptors (Lipinski definition) is 2. The maximum atomic E-state index is 2.44. The fourth-order valence-electron chi connectivity index (χ4n) is 11.3. The van der Waals surface area contributed by atoms with Crippen LogP contribution in [-0.4, -0.2) is 0 Å². The highest BCUT2D eigenvalue weighted by Crippen LogP contribution is 2.42. The van der Waals surface area contributed by atoms with Gasteiger partial charge in [0.05, 0.1) is 11.4 Å². The molecule has 0 N–H and O–H groups in total. The van der Waals surface area contributed by atoms with Crippen LogP contribution in [0.15, 0.2) is 279 Å². The lowest BCUT2D eigenvalue weighted by Gasteiger charge is -2.29. The first kappa shape index (κ1) is 54.2. The summed E-state index contributed by atoms with van der Waals surface area (Å²) in [6, 6.07) is 101. The number of aryl methyl sites for hydroxylation is 4. The van der Waals surface area contributed by atoms with Crippen LogP contribution in [0.1, 0.15) is 97.7 Å². The second-order valence-corrected chi connectivity index (χ2v) is 21.2. The van der Waals surface area contributed by atoms with Crippen molar-refractivity contribution in [1.82, 2.24) is 0 Å². The molecule has 0 aromatic heterocycles. The summed E-state index contributed by atoms with van der Waals surface area (Å²) in [6.45, 7) is 8.94. The van der Waals surface area contributed by atoms with Gasteiger partial charge in [0.25, 0.3) is 0 Å². The van der Waals surface area contributed by atoms with Gasteiger partial charge in [-0.25, -0.2) is 0 Å². The Bertz CT molecular complexity index is 3830. The lowest BCUT2D eigenvalue weighted by atomic mass is 9.86. The molecular weight excluding hydrogens is 989 g/mol. The predicted octanol–water partition coefficient (Wildman–Crippen LogP) is 21.7. The monoisotopic (exact) mass is 1060 g/mol. The molecule has 11 aromatic rings. The predicted molar refractivity (Wildman–Crippen MR) is 353 cm³/mol. The number of nitrogens with zero attached hydrogens (tertiary/aromatic N) is 2. The molecule has 11 rings (SSSR count). The van der Waals surface area contributed by atoms with E-state index < -0.39 is 0 Å². The summed E-state index contributed by atoms with van der Waals surface area (Å²) in [7, 11) is 0. The van der Waals surface area contributed by atoms with Crippen LogP contribution in [0.4, 0.5) is 34.1 Å². The number of anilines is 6. The van der Waals surface area contributed by atoms with Gasteiger partial charge in [-0.1, -0.05) is 269 Å². The molecule has 0 aliphatic rings. The van der Waals surface area contributed by atoms with Gasteiger partial charge in [-0.3, -0.25) is 0 Å². The Labute approximate surface area is 487 Å². The molecule has 2 nitrogen and oxygen atoms in total. The van der Waals surface area contributed by atoms with Crippen molar-refractivity contribution >= 4 is 70.1 Å². The number of benzene rings is 11. The van der Waals surface area contributed by atoms with Crippen molar-refractivity contribution < 1.29 is 0 Å². The van der Waals surface area contributed by atoms with Gasteiger partial charge in [0.1, 0.15) is 0 Å². The van der Waals surface area contributed by atoms with Gasteiger partial charge in [0, 0.05) is 28.7 Å². The minimum absolute atomic E-state index is 0.274. The summed E-state index contributed by atoms with van der Waals surface area (Å²) in [5.41, 5.74) is 25.5. The first-order chi connectivity index (χ1) is 40.4. The van der Waals surface area contributed by atoms with Gasteiger partial charge in [-0.05, 0) is 171 Å². The normalized spacial score (nSPS) is 11.3. The molecule has 0 amide bonds. The smallest absolute Gasteiger partial charge is 0.0522 e. The van der Waals surface area contributed by atoms with Gasteiger partial charge in [-0.2, -0.15) is 0 Å². The van der Waals surface area contributed by atoms with Crippen molar-refractivity contribution in [2.45, 2.75) is 52.9 Å². The minimum atomic E-state index is 0.274. The standard InChI is InChI=1S/C80H70N2/c1-5-67-31-19-21-59(3)79(67)81(75-53-45-65(46-54-75)57-77(69-23-11-7-12-24-69)70-25-13-8-14-26-70)73-49-41-63(42-50-73)39-37-61-33-35-62(36-34-61)38-40-64-43-51-74(52-44-64)82(80-60(4)22-20-32-68(80)6-2)76-55-47-66(48-56-76)58-78(71-27-15-9-16-28-71)72-29-17-10-18-30-72/h7-57,78H,5-6,58H2,1-4H3. The van der Waals surface area contributed by atoms with E-state index in [9.17, 15) is 0 Å². The summed E-state index contributed by atoms with van der Waals surface area (Å²) in [4.78, 5) is 4.86. The topological polar surface area (TPSA) is 6.48 Å². The Hall–Kier alpha value is -9.76. The first-order valence-corrected chi connectivity index (χ1v) is 28.9. The highest BCUT2D eigenvalue weighted by atomic mass is 15.2. The van der Waals surface area contributed by atoms with E-state index in [0.29, 0.717) is 0 Å². The highest BCUT2D eigenvalue weighted by molar-refractivity contribution is 5.92. The molecule has 0 fully saturated rings. The average Bonchev–Trinajstić information content (AvgIpc) is 3.74. The molecular formula is C80H70N2. The Morgan fingerprint density at radius 1 is 0.329 bits per heavy atom. The quantitative estimate of drug-likeness (QED) is 0.0745. The number of hydrogen-bond donors (Lipinski definition) is 0. The summed E-state index contributed by atoms with van der Waals surface area (Å²) in [5.74, 6) is 0.274. The molecule has 400 valence electrons. The lowest BCUT2D eigenvalue weighted by Crippen LogP contribution is -2.14. The van der Waals surface area contributed by atoms with Crippen molar-refractivity contribution in [1.29, 1.82) is 0 Å². The Balaban J connectivity index is 0.787. The molecule has 0 unspecified atom stereocenters. The molecule has 0 atom stereocenters. The third kappa shape index (κ3) is 12.8. The Morgan fingerprint density at radius 2 is 0.646 bits per heavy atom. The van der Waals surface area contributed by atoms with E-state index in [1.807, 2.05) is 0 Å². The fraction of sp³-hybridized carbons (Fsp3) is 0.100. The van der Waals surface area contributed by atoms with Crippen molar-refractivity contribution in [3.8, 4) is 0 Å². The van der Waals surface area contributed by atoms with E-state index >= 15 is 0 Å². The van der Waals surface area contributed by atoms with Gasteiger partial charge in [0.2, 0.25) is 0 Å². The van der Waals surface area contributed by atoms with E-state index in [4.69, 9.17) is 0 Å². The van der Waals surface area contributed by atoms with E-state index in [1.165, 1.54) is 67.0 Å². The molecule has 0 saturated carbocycles. The van der Waals surface area contributed by atoms with E-state index in [2.05, 4.69) is 347 Å². The summed E-state index contributed by atoms with van der Waals surface area (Å²) >= 11 is 0. The SMILES string of the molecule is CCc1cccc(C)c1N(c1ccc(C=Cc2ccc(C=Cc3ccc(N(c4ccc(CC(c5ccccc5)c5ccccc5)cc4)c4c(C)cccc4CC)cc3)cc2)cc1)c1ccc(C=C(c2ccccc2)c2ccccc2)cc1. The highest BCUT2D eigenvalue weighted by Gasteiger charge is 2.21. The zero-order valence-corrected chi connectivity index (χ0v) is 47.5. The summed E-state index contributed by atoms with van der Waals surface area (Å²) in [5, 5.41) is 0. The van der Waals surface area contributed by atoms with Gasteiger partial charge in [0.15, 0.2) is 0 Å². The van der Waals surface area contributed by atoms with Crippen molar-refractivity contribution in [2.24, 2.45) is 0 Å². The largest absolute Gasteiger partial charge is 0.310 e. The minimum Gasteiger partial charge on any atom is -0.310 e. The van der Waals surface area contributed by atoms with Gasteiger partial charge < -0.3 is 9.80 Å². The summed E-state index contributed by atoms with van der Waals surface area (Å²) < 4.78 is 0. The van der Waals surface area contributed by atoms with Crippen LogP contribution in [0.3, 0.4) is 0 Å². The fourth-order valence-corrected chi connectivity index (χ4v) is 11.3. The van der Waals surface area contributed by atoms with Gasteiger partial charge in [-0.15, -0.1) is 0 Å². The molecule has 0 aliphatic carbocycles. The second-order valence-electron chi connectivity index (χ2n) is 21.2. The third-order valence-corrected chi connectivity index (χ3v) is 15.7. The van der Waals surface area contributed by atoms with Crippen LogP contribution in [0, 0.1) is 13.8 Å². The molecule has 0 heterocycles. The molecule has 2 heteroatoms. The molecule has 0 bridgehead atoms. The van der Waals surface area contributed by atoms with Crippen LogP contribution < -0.4 is 9.80 Å². The van der Waals surface area contributed by atoms with Crippen LogP contribution in [0.25, 0.3) is 36.0 Å². The maximum Gasteiger partial charge on any atom is 0.0522 e. The van der Waals surface area contributed by atoms with Crippen molar-refractivity contribution in [3.63, 3.8) is 0 Å². The second kappa shape index (κ2) is 26.0. The van der Waals surface area contributed by atoms with Crippen molar-refractivity contribution in [2.75, 3.05) is 9.80 Å². The number of para-hydroxylation sites is 2. The molecule has 0 saturated heterocycles. The Kier molecular flexibility index (Phi) is 17.2. The molecule has 82 heavy (non-hydrogen) atoms. The third-order valence-electron chi connectivity index (χ3n) is 15.7. The maximum absolute atomic E-state index is 2.44. The van der Waals surface area contributed by atoms with Crippen LogP contribution >= 0.6 is 0 Å². The molecule has 0 radical (unpaired) electrons. The van der Waals surface area contributed by atoms with E-state index in [-0.39, 0.29) is 5.92 Å². The van der Waals surface area contributed by atoms with E-state index in [0.717, 1.165) is 69.8 Å². The zero-order valence-electron chi connectivity index (χ0n) is 47.5. The zero-order chi connectivity index (χ0) is 56.0. The van der Waals surface area contributed by atoms with Gasteiger partial charge >= 0.3 is 0 Å². The van der Waals surface area contributed by atoms with Crippen LogP contribution in [-0.2, 0) is 19.3 Å². The van der Waals surface area contributed by atoms with Crippen LogP contribution in [0.5, 0.6) is 0 Å². The lowest BCUT2D eigenvalue weighted by molar-refractivity contribution is 0.805. The van der Waals surface area contributed by atoms with Crippen molar-refractivity contribution in [3.05, 3.63) is 357 Å². The number of rotatable bonds is 19. The molecule has 11 aromatic carbocycles. The molecule has 0 aliphatic heterocycles. The molecule has 0 spiro atoms. The average molecular weight is 1060 g/mol.